The van der Waals surface area contributed by atoms with Gasteiger partial charge in [0.25, 0.3) is 5.91 Å². The van der Waals surface area contributed by atoms with Crippen molar-refractivity contribution in [1.82, 2.24) is 21.3 Å². The number of aliphatic hydroxyl groups is 1. The molecule has 0 spiro atoms. The fourth-order valence-corrected chi connectivity index (χ4v) is 6.24. The molecule has 2 aromatic rings. The van der Waals surface area contributed by atoms with E-state index >= 15 is 8.78 Å². The monoisotopic (exact) mass is 674 g/mol. The molecule has 254 valence electrons. The minimum absolute atomic E-state index is 0.00511. The highest BCUT2D eigenvalue weighted by atomic mass is 35.5. The lowest BCUT2D eigenvalue weighted by atomic mass is 9.92. The molecule has 1 heterocycles. The van der Waals surface area contributed by atoms with Gasteiger partial charge in [0.05, 0.1) is 6.04 Å². The lowest BCUT2D eigenvalue weighted by Gasteiger charge is -2.30. The molecule has 47 heavy (non-hydrogen) atoms. The molecule has 2 aliphatic carbocycles. The first-order valence-corrected chi connectivity index (χ1v) is 16.5. The Balaban J connectivity index is 1.36. The molecular weight excluding hydrogens is 634 g/mol. The van der Waals surface area contributed by atoms with Crippen molar-refractivity contribution in [2.45, 2.75) is 94.5 Å². The largest absolute Gasteiger partial charge is 0.434 e. The molecule has 10 nitrogen and oxygen atoms in total. The van der Waals surface area contributed by atoms with E-state index in [9.17, 15) is 24.3 Å². The van der Waals surface area contributed by atoms with E-state index in [2.05, 4.69) is 21.3 Å². The maximum absolute atomic E-state index is 16.0. The van der Waals surface area contributed by atoms with E-state index in [4.69, 9.17) is 16.3 Å². The van der Waals surface area contributed by atoms with Crippen molar-refractivity contribution < 1.29 is 37.8 Å². The van der Waals surface area contributed by atoms with Crippen LogP contribution in [-0.4, -0.2) is 59.7 Å². The Morgan fingerprint density at radius 2 is 1.79 bits per heavy atom. The third-order valence-electron chi connectivity index (χ3n) is 9.42. The zero-order valence-corrected chi connectivity index (χ0v) is 26.9. The molecule has 5 rings (SSSR count). The van der Waals surface area contributed by atoms with Crippen molar-refractivity contribution in [2.75, 3.05) is 6.54 Å². The van der Waals surface area contributed by atoms with Crippen molar-refractivity contribution in [3.63, 3.8) is 0 Å². The van der Waals surface area contributed by atoms with Crippen LogP contribution in [0.2, 0.25) is 5.02 Å². The van der Waals surface area contributed by atoms with Crippen molar-refractivity contribution >= 4 is 35.4 Å². The first-order valence-electron chi connectivity index (χ1n) is 16.1. The molecule has 0 bridgehead atoms. The van der Waals surface area contributed by atoms with Gasteiger partial charge >= 0.3 is 12.0 Å². The Labute approximate surface area is 277 Å². The topological polar surface area (TPSA) is 146 Å². The fraction of sp³-hybridized carbons (Fsp3) is 0.529. The number of carbonyl (C=O) groups is 4. The average molecular weight is 675 g/mol. The molecule has 4 amide bonds. The molecule has 5 N–H and O–H groups in total. The highest BCUT2D eigenvalue weighted by molar-refractivity contribution is 6.30. The Kier molecular flexibility index (Phi) is 10.7. The summed E-state index contributed by atoms with van der Waals surface area (Å²) in [5, 5.41) is 21.7. The number of aliphatic hydroxyl groups excluding tert-OH is 1. The number of carbonyl (C=O) groups excluding carboxylic acids is 4. The summed E-state index contributed by atoms with van der Waals surface area (Å²) in [6, 6.07) is 10.2. The van der Waals surface area contributed by atoms with Gasteiger partial charge in [-0.05, 0) is 68.1 Å². The maximum Gasteiger partial charge on any atom is 0.408 e. The molecule has 2 aromatic carbocycles. The van der Waals surface area contributed by atoms with E-state index < -0.39 is 59.6 Å². The lowest BCUT2D eigenvalue weighted by Crippen LogP contribution is -2.57. The third-order valence-corrected chi connectivity index (χ3v) is 9.66. The Morgan fingerprint density at radius 3 is 2.38 bits per heavy atom. The summed E-state index contributed by atoms with van der Waals surface area (Å²) >= 11 is 6.00. The standard InChI is InChI=1S/C34H41ClF2N4O6/c1-2-33(14-15-33)19-26(30(44)40-25(17-21-13-16-38-29(21)43)27(42)31(45)39-24-11-12-24)41-32(46)47-28(20-7-4-3-5-8-20)34(36,37)22-9-6-10-23(35)18-22/h3-10,18,21,24-28,42H,2,11-17,19H2,1H3,(H,38,43)(H,39,45)(H,40,44)(H,41,46)/t21-,25-,26-,27?,28?/m0/s1. The van der Waals surface area contributed by atoms with Crippen LogP contribution in [0.1, 0.15) is 75.5 Å². The Morgan fingerprint density at radius 1 is 1.06 bits per heavy atom. The number of halogens is 3. The van der Waals surface area contributed by atoms with E-state index in [0.717, 1.165) is 31.7 Å². The number of amides is 4. The maximum atomic E-state index is 16.0. The van der Waals surface area contributed by atoms with Gasteiger partial charge in [-0.25, -0.2) is 4.79 Å². The molecule has 1 saturated heterocycles. The predicted molar refractivity (Wildman–Crippen MR) is 169 cm³/mol. The number of alkyl halides is 2. The summed E-state index contributed by atoms with van der Waals surface area (Å²) in [6.07, 6.45) is -0.408. The Bertz CT molecular complexity index is 1460. The zero-order chi connectivity index (χ0) is 33.8. The van der Waals surface area contributed by atoms with Gasteiger partial charge in [-0.2, -0.15) is 8.78 Å². The SMILES string of the molecule is CCC1(C[C@H](NC(=O)OC(c2ccccc2)C(F)(F)c2cccc(Cl)c2)C(=O)N[C@@H](C[C@@H]2CCNC2=O)C(O)C(=O)NC2CC2)CC1. The molecular formula is C34H41ClF2N4O6. The first kappa shape index (κ1) is 34.6. The van der Waals surface area contributed by atoms with Crippen LogP contribution in [0.15, 0.2) is 54.6 Å². The normalized spacial score (nSPS) is 21.0. The van der Waals surface area contributed by atoms with Crippen LogP contribution < -0.4 is 21.3 Å². The summed E-state index contributed by atoms with van der Waals surface area (Å²) in [4.78, 5) is 52.4. The highest BCUT2D eigenvalue weighted by Gasteiger charge is 2.48. The van der Waals surface area contributed by atoms with E-state index in [1.807, 2.05) is 6.92 Å². The van der Waals surface area contributed by atoms with Gasteiger partial charge in [0, 0.05) is 29.1 Å². The molecule has 3 fully saturated rings. The van der Waals surface area contributed by atoms with Crippen LogP contribution in [0.25, 0.3) is 0 Å². The molecule has 0 radical (unpaired) electrons. The third kappa shape index (κ3) is 8.78. The average Bonchev–Trinajstić information content (AvgIpc) is 3.99. The van der Waals surface area contributed by atoms with Crippen LogP contribution in [0.4, 0.5) is 13.6 Å². The molecule has 2 saturated carbocycles. The van der Waals surface area contributed by atoms with Gasteiger partial charge in [-0.3, -0.25) is 14.4 Å². The first-order chi connectivity index (χ1) is 22.4. The minimum Gasteiger partial charge on any atom is -0.434 e. The van der Waals surface area contributed by atoms with Crippen molar-refractivity contribution in [3.8, 4) is 0 Å². The van der Waals surface area contributed by atoms with Gasteiger partial charge in [0.15, 0.2) is 12.2 Å². The predicted octanol–water partition coefficient (Wildman–Crippen LogP) is 4.50. The van der Waals surface area contributed by atoms with Crippen molar-refractivity contribution in [1.29, 1.82) is 0 Å². The zero-order valence-electron chi connectivity index (χ0n) is 26.1. The van der Waals surface area contributed by atoms with E-state index in [0.29, 0.717) is 19.4 Å². The number of alkyl carbamates (subject to hydrolysis) is 1. The van der Waals surface area contributed by atoms with Gasteiger partial charge in [0.2, 0.25) is 11.8 Å². The number of hydrogen-bond acceptors (Lipinski definition) is 6. The van der Waals surface area contributed by atoms with E-state index in [-0.39, 0.29) is 40.8 Å². The van der Waals surface area contributed by atoms with E-state index in [1.165, 1.54) is 30.3 Å². The minimum atomic E-state index is -3.70. The summed E-state index contributed by atoms with van der Waals surface area (Å²) in [7, 11) is 0. The summed E-state index contributed by atoms with van der Waals surface area (Å²) in [6.45, 7) is 2.40. The second-order valence-electron chi connectivity index (χ2n) is 12.9. The van der Waals surface area contributed by atoms with Gasteiger partial charge in [-0.15, -0.1) is 0 Å². The number of nitrogens with one attached hydrogen (secondary N) is 4. The lowest BCUT2D eigenvalue weighted by molar-refractivity contribution is -0.134. The molecule has 3 aliphatic rings. The second kappa shape index (κ2) is 14.6. The van der Waals surface area contributed by atoms with Crippen LogP contribution in [0.5, 0.6) is 0 Å². The second-order valence-corrected chi connectivity index (χ2v) is 13.4. The molecule has 2 unspecified atom stereocenters. The van der Waals surface area contributed by atoms with Crippen LogP contribution in [0.3, 0.4) is 0 Å². The number of ether oxygens (including phenoxy) is 1. The summed E-state index contributed by atoms with van der Waals surface area (Å²) < 4.78 is 37.4. The number of hydrogen-bond donors (Lipinski definition) is 5. The van der Waals surface area contributed by atoms with Crippen LogP contribution >= 0.6 is 11.6 Å². The highest BCUT2D eigenvalue weighted by Crippen LogP contribution is 2.52. The Hall–Kier alpha value is -3.77. The summed E-state index contributed by atoms with van der Waals surface area (Å²) in [5.74, 6) is -5.87. The van der Waals surface area contributed by atoms with Crippen molar-refractivity contribution in [3.05, 3.63) is 70.7 Å². The van der Waals surface area contributed by atoms with E-state index in [1.54, 1.807) is 18.2 Å². The molecule has 5 atom stereocenters. The molecule has 0 aromatic heterocycles. The van der Waals surface area contributed by atoms with Crippen LogP contribution in [-0.2, 0) is 25.0 Å². The fourth-order valence-electron chi connectivity index (χ4n) is 6.05. The molecule has 13 heteroatoms. The summed E-state index contributed by atoms with van der Waals surface area (Å²) in [5.41, 5.74) is -0.677. The number of benzene rings is 2. The molecule has 1 aliphatic heterocycles. The number of rotatable bonds is 15. The van der Waals surface area contributed by atoms with Gasteiger partial charge < -0.3 is 31.1 Å². The van der Waals surface area contributed by atoms with Gasteiger partial charge in [0.1, 0.15) is 6.04 Å². The van der Waals surface area contributed by atoms with Crippen LogP contribution in [0, 0.1) is 11.3 Å². The van der Waals surface area contributed by atoms with Gasteiger partial charge in [-0.1, -0.05) is 67.4 Å². The quantitative estimate of drug-likeness (QED) is 0.188. The smallest absolute Gasteiger partial charge is 0.408 e. The van der Waals surface area contributed by atoms with Crippen molar-refractivity contribution in [2.24, 2.45) is 11.3 Å².